The Bertz CT molecular complexity index is 410. The number of carboxylic acid groups (broad SMARTS) is 3. The number of carbonyl (C=O) groups is 3. The molecule has 21 heavy (non-hydrogen) atoms. The Hall–Kier alpha value is 2.52. The van der Waals surface area contributed by atoms with E-state index < -0.39 is 43.2 Å². The van der Waals surface area contributed by atoms with Crippen molar-refractivity contribution in [2.45, 2.75) is 17.7 Å². The van der Waals surface area contributed by atoms with E-state index in [1.807, 2.05) is 0 Å². The summed E-state index contributed by atoms with van der Waals surface area (Å²) in [5.74, 6) is -6.59. The molecule has 0 fully saturated rings. The van der Waals surface area contributed by atoms with Crippen LogP contribution in [0.1, 0.15) is 6.42 Å². The van der Waals surface area contributed by atoms with Crippen LogP contribution in [0.5, 0.6) is 0 Å². The van der Waals surface area contributed by atoms with Gasteiger partial charge in [-0.25, -0.2) is 4.79 Å². The Kier molecular flexibility index (Phi) is 22.8. The van der Waals surface area contributed by atoms with Crippen LogP contribution in [0, 0.1) is 0 Å². The molecule has 0 rings (SSSR count). The van der Waals surface area contributed by atoms with Crippen LogP contribution in [0.3, 0.4) is 0 Å². The van der Waals surface area contributed by atoms with Gasteiger partial charge in [0.15, 0.2) is 11.3 Å². The Labute approximate surface area is 207 Å². The van der Waals surface area contributed by atoms with Crippen molar-refractivity contribution in [1.82, 2.24) is 0 Å². The molecule has 0 aromatic carbocycles. The first kappa shape index (κ1) is 34.8. The van der Waals surface area contributed by atoms with Crippen LogP contribution >= 0.6 is 7.60 Å². The fourth-order valence-corrected chi connectivity index (χ4v) is 2.19. The van der Waals surface area contributed by atoms with Crippen LogP contribution < -0.4 is 0 Å². The van der Waals surface area contributed by atoms with E-state index in [0.29, 0.717) is 0 Å². The molecule has 0 aromatic rings. The molecule has 0 heterocycles. The van der Waals surface area contributed by atoms with Crippen LogP contribution in [0.2, 0.25) is 0 Å². The molecule has 6 N–H and O–H groups in total. The number of carboxylic acids is 3. The van der Waals surface area contributed by atoms with Crippen molar-refractivity contribution in [3.8, 4) is 0 Å². The number of aliphatic carboxylic acids is 3. The summed E-state index contributed by atoms with van der Waals surface area (Å²) >= 11 is 0. The van der Waals surface area contributed by atoms with Crippen molar-refractivity contribution in [3.05, 3.63) is 0 Å². The fraction of sp³-hybridized carbons (Fsp3) is 0.500. The second-order valence-electron chi connectivity index (χ2n) is 3.13. The molecule has 0 amide bonds. The molecule has 0 aliphatic rings. The quantitative estimate of drug-likeness (QED) is 0.196. The summed E-state index contributed by atoms with van der Waals surface area (Å²) in [6.45, 7) is 0. The van der Waals surface area contributed by atoms with Gasteiger partial charge in [0.25, 0.3) is 0 Å². The molecule has 0 saturated heterocycles. The van der Waals surface area contributed by atoms with Crippen molar-refractivity contribution in [1.29, 1.82) is 0 Å². The second kappa shape index (κ2) is 13.8. The third-order valence-electron chi connectivity index (χ3n) is 1.81. The minimum atomic E-state index is -5.56. The Morgan fingerprint density at radius 3 is 1.43 bits per heavy atom. The Morgan fingerprint density at radius 1 is 0.952 bits per heavy atom. The molecular weight excluding hydrogens is 355 g/mol. The van der Waals surface area contributed by atoms with Crippen LogP contribution in [0.25, 0.3) is 0 Å². The summed E-state index contributed by atoms with van der Waals surface area (Å²) in [4.78, 5) is 48.8. The molecule has 0 spiro atoms. The number of rotatable bonds is 6. The predicted molar refractivity (Wildman–Crippen MR) is 76.9 cm³/mol. The van der Waals surface area contributed by atoms with Gasteiger partial charge in [-0.1, -0.05) is 0 Å². The van der Waals surface area contributed by atoms with Crippen molar-refractivity contribution in [2.24, 2.45) is 0 Å². The van der Waals surface area contributed by atoms with E-state index in [1.54, 1.807) is 0 Å². The van der Waals surface area contributed by atoms with E-state index in [9.17, 15) is 24.1 Å². The van der Waals surface area contributed by atoms with Gasteiger partial charge in [0.1, 0.15) is 0 Å². The van der Waals surface area contributed by atoms with Gasteiger partial charge in [-0.05, 0) is 0 Å². The van der Waals surface area contributed by atoms with Gasteiger partial charge in [-0.3, -0.25) is 14.2 Å². The molecule has 0 aromatic heterocycles. The first-order chi connectivity index (χ1) is 7.43. The zero-order valence-electron chi connectivity index (χ0n) is 8.05. The minimum absolute atomic E-state index is 0. The number of aliphatic hydroxyl groups is 1. The average molecular weight is 368 g/mol. The molecule has 2 unspecified atom stereocenters. The summed E-state index contributed by atoms with van der Waals surface area (Å²) in [6, 6.07) is 0. The zero-order chi connectivity index (χ0) is 14.0. The Morgan fingerprint density at radius 2 is 1.29 bits per heavy atom. The van der Waals surface area contributed by atoms with Crippen LogP contribution in [0.15, 0.2) is 0 Å². The normalized spacial score (nSPS) is 13.7. The average Bonchev–Trinajstić information content (AvgIpc) is 1.96. The Balaban J connectivity index is -0.000000213. The number of hydrogen-bond donors (Lipinski definition) is 6. The second-order valence-corrected chi connectivity index (χ2v) is 4.82. The predicted octanol–water partition coefficient (Wildman–Crippen LogP) is -4.69. The van der Waals surface area contributed by atoms with Gasteiger partial charge < -0.3 is 30.2 Å². The van der Waals surface area contributed by atoms with Crippen LogP contribution in [0.4, 0.5) is 0 Å². The van der Waals surface area contributed by atoms with Gasteiger partial charge in [-0.2, -0.15) is 0 Å². The molecule has 10 nitrogen and oxygen atoms in total. The summed E-state index contributed by atoms with van der Waals surface area (Å²) in [5.41, 5.74) is -6.67. The van der Waals surface area contributed by atoms with Crippen molar-refractivity contribution in [3.63, 3.8) is 0 Å². The molecular formula is C6H13Na4O10P. The summed E-state index contributed by atoms with van der Waals surface area (Å²) in [6.07, 6.45) is -1.66. The van der Waals surface area contributed by atoms with Crippen molar-refractivity contribution >= 4 is 144 Å². The third-order valence-corrected chi connectivity index (χ3v) is 3.13. The van der Waals surface area contributed by atoms with E-state index in [2.05, 4.69) is 0 Å². The molecule has 0 saturated carbocycles. The van der Waals surface area contributed by atoms with E-state index in [1.165, 1.54) is 0 Å². The van der Waals surface area contributed by atoms with Gasteiger partial charge in [0.2, 0.25) is 0 Å². The zero-order valence-corrected chi connectivity index (χ0v) is 8.94. The van der Waals surface area contributed by atoms with E-state index in [4.69, 9.17) is 25.1 Å². The maximum absolute atomic E-state index is 10.8. The topological polar surface area (TPSA) is 190 Å². The molecule has 0 aliphatic heterocycles. The molecule has 2 atom stereocenters. The molecule has 0 aliphatic carbocycles. The third kappa shape index (κ3) is 10.9. The van der Waals surface area contributed by atoms with Gasteiger partial charge in [0, 0.05) is 0 Å². The van der Waals surface area contributed by atoms with E-state index in [-0.39, 0.29) is 118 Å². The van der Waals surface area contributed by atoms with Gasteiger partial charge in [-0.15, -0.1) is 0 Å². The van der Waals surface area contributed by atoms with Crippen LogP contribution in [-0.4, -0.2) is 178 Å². The standard InChI is InChI=1S/C6H9O10P.4Na.4H/c7-2(8)1-6(13,5(11)12)3(4(9)10)17(14,15)16;;;;;;;;/h3,13H,1H2,(H,7,8)(H,9,10)(H,11,12)(H2,14,15,16);;;;;;;;. The first-order valence-corrected chi connectivity index (χ1v) is 5.56. The van der Waals surface area contributed by atoms with E-state index in [0.717, 1.165) is 0 Å². The van der Waals surface area contributed by atoms with Gasteiger partial charge >= 0.3 is 144 Å². The SMILES string of the molecule is O=C(O)CC(O)(C(=O)O)C(C(=O)O)P(=O)(O)O.[NaH].[NaH].[NaH].[NaH]. The monoisotopic (exact) mass is 368 g/mol. The molecule has 0 bridgehead atoms. The molecule has 106 valence electrons. The molecule has 0 radical (unpaired) electrons. The van der Waals surface area contributed by atoms with Crippen molar-refractivity contribution < 1.29 is 49.2 Å². The summed E-state index contributed by atoms with van der Waals surface area (Å²) in [7, 11) is -5.56. The summed E-state index contributed by atoms with van der Waals surface area (Å²) in [5, 5.41) is 34.7. The maximum atomic E-state index is 10.8. The van der Waals surface area contributed by atoms with Crippen molar-refractivity contribution in [2.75, 3.05) is 0 Å². The number of hydrogen-bond acceptors (Lipinski definition) is 5. The van der Waals surface area contributed by atoms with Gasteiger partial charge in [0.05, 0.1) is 6.42 Å². The fourth-order valence-electron chi connectivity index (χ4n) is 1.15. The summed E-state index contributed by atoms with van der Waals surface area (Å²) < 4.78 is 10.8. The van der Waals surface area contributed by atoms with E-state index >= 15 is 0 Å². The first-order valence-electron chi connectivity index (χ1n) is 3.88. The van der Waals surface area contributed by atoms with Crippen LogP contribution in [-0.2, 0) is 18.9 Å². The molecule has 15 heteroatoms.